The molecule has 1 heterocycles. The minimum atomic E-state index is 0.0328. The average Bonchev–Trinajstić information content (AvgIpc) is 2.65. The number of ether oxygens (including phenoxy) is 2. The van der Waals surface area contributed by atoms with Crippen molar-refractivity contribution >= 4 is 0 Å². The van der Waals surface area contributed by atoms with Gasteiger partial charge in [0.05, 0.1) is 12.7 Å². The van der Waals surface area contributed by atoms with Crippen molar-refractivity contribution in [2.24, 2.45) is 5.73 Å². The molecule has 1 fully saturated rings. The molecule has 3 heteroatoms. The van der Waals surface area contributed by atoms with Crippen molar-refractivity contribution in [3.63, 3.8) is 0 Å². The molecule has 15 heavy (non-hydrogen) atoms. The summed E-state index contributed by atoms with van der Waals surface area (Å²) in [5.74, 6) is 0.887. The Bertz CT molecular complexity index is 327. The molecule has 2 N–H and O–H groups in total. The van der Waals surface area contributed by atoms with Crippen molar-refractivity contribution in [1.82, 2.24) is 0 Å². The lowest BCUT2D eigenvalue weighted by molar-refractivity contribution is 0.105. The van der Waals surface area contributed by atoms with E-state index in [1.54, 1.807) is 0 Å². The molecule has 2 atom stereocenters. The maximum absolute atomic E-state index is 5.97. The second-order valence-corrected chi connectivity index (χ2v) is 3.75. The van der Waals surface area contributed by atoms with Crippen molar-refractivity contribution in [2.45, 2.75) is 25.5 Å². The van der Waals surface area contributed by atoms with Crippen LogP contribution in [0.3, 0.4) is 0 Å². The van der Waals surface area contributed by atoms with Gasteiger partial charge >= 0.3 is 0 Å². The van der Waals surface area contributed by atoms with Gasteiger partial charge in [0.25, 0.3) is 0 Å². The molecule has 0 aromatic heterocycles. The van der Waals surface area contributed by atoms with Crippen molar-refractivity contribution < 1.29 is 9.47 Å². The first-order valence-corrected chi connectivity index (χ1v) is 5.41. The Morgan fingerprint density at radius 2 is 2.40 bits per heavy atom. The molecule has 1 aliphatic heterocycles. The molecular formula is C12H17NO2. The Kier molecular flexibility index (Phi) is 3.23. The van der Waals surface area contributed by atoms with E-state index in [2.05, 4.69) is 0 Å². The van der Waals surface area contributed by atoms with Crippen molar-refractivity contribution in [1.29, 1.82) is 0 Å². The summed E-state index contributed by atoms with van der Waals surface area (Å²) in [6, 6.07) is 8.10. The average molecular weight is 207 g/mol. The van der Waals surface area contributed by atoms with Crippen LogP contribution < -0.4 is 10.5 Å². The van der Waals surface area contributed by atoms with Gasteiger partial charge in [-0.3, -0.25) is 0 Å². The molecule has 0 spiro atoms. The highest BCUT2D eigenvalue weighted by Gasteiger charge is 2.26. The zero-order chi connectivity index (χ0) is 10.7. The van der Waals surface area contributed by atoms with E-state index in [0.29, 0.717) is 6.61 Å². The molecule has 0 amide bonds. The van der Waals surface area contributed by atoms with Crippen LogP contribution in [-0.4, -0.2) is 19.3 Å². The fraction of sp³-hybridized carbons (Fsp3) is 0.500. The smallest absolute Gasteiger partial charge is 0.119 e. The number of nitrogens with two attached hydrogens (primary N) is 1. The fourth-order valence-electron chi connectivity index (χ4n) is 1.90. The fourth-order valence-corrected chi connectivity index (χ4v) is 1.90. The summed E-state index contributed by atoms with van der Waals surface area (Å²) in [5.41, 5.74) is 7.09. The third kappa shape index (κ3) is 2.30. The lowest BCUT2D eigenvalue weighted by atomic mass is 10.0. The molecule has 1 aromatic rings. The summed E-state index contributed by atoms with van der Waals surface area (Å²) in [4.78, 5) is 0. The van der Waals surface area contributed by atoms with Gasteiger partial charge in [0.15, 0.2) is 0 Å². The molecule has 2 unspecified atom stereocenters. The highest BCUT2D eigenvalue weighted by Crippen LogP contribution is 2.29. The Morgan fingerprint density at radius 1 is 1.53 bits per heavy atom. The van der Waals surface area contributed by atoms with Crippen LogP contribution in [0.5, 0.6) is 5.75 Å². The van der Waals surface area contributed by atoms with Gasteiger partial charge in [0.1, 0.15) is 5.75 Å². The Hall–Kier alpha value is -1.06. The lowest BCUT2D eigenvalue weighted by Gasteiger charge is -2.15. The number of hydrogen-bond donors (Lipinski definition) is 1. The summed E-state index contributed by atoms with van der Waals surface area (Å²) in [6.07, 6.45) is 0.967. The standard InChI is InChI=1S/C12H17NO2/c1-2-14-10-5-3-4-9(8-10)12-11(13)6-7-15-12/h3-5,8,11-12H,2,6-7,13H2,1H3. The van der Waals surface area contributed by atoms with Crippen LogP contribution >= 0.6 is 0 Å². The van der Waals surface area contributed by atoms with Crippen LogP contribution in [0.4, 0.5) is 0 Å². The van der Waals surface area contributed by atoms with Crippen LogP contribution in [0.2, 0.25) is 0 Å². The van der Waals surface area contributed by atoms with E-state index in [9.17, 15) is 0 Å². The molecule has 0 aliphatic carbocycles. The van der Waals surface area contributed by atoms with Crippen molar-refractivity contribution in [3.05, 3.63) is 29.8 Å². The summed E-state index contributed by atoms with van der Waals surface area (Å²) >= 11 is 0. The van der Waals surface area contributed by atoms with E-state index in [1.165, 1.54) is 0 Å². The quantitative estimate of drug-likeness (QED) is 0.823. The summed E-state index contributed by atoms with van der Waals surface area (Å²) in [7, 11) is 0. The van der Waals surface area contributed by atoms with Gasteiger partial charge in [0, 0.05) is 12.6 Å². The minimum Gasteiger partial charge on any atom is -0.494 e. The van der Waals surface area contributed by atoms with E-state index in [4.69, 9.17) is 15.2 Å². The monoisotopic (exact) mass is 207 g/mol. The summed E-state index contributed by atoms with van der Waals surface area (Å²) < 4.78 is 11.0. The number of rotatable bonds is 3. The van der Waals surface area contributed by atoms with Gasteiger partial charge in [-0.2, -0.15) is 0 Å². The van der Waals surface area contributed by atoms with Gasteiger partial charge in [0.2, 0.25) is 0 Å². The van der Waals surface area contributed by atoms with Gasteiger partial charge < -0.3 is 15.2 Å². The zero-order valence-corrected chi connectivity index (χ0v) is 8.98. The summed E-state index contributed by atoms with van der Waals surface area (Å²) in [5, 5.41) is 0. The van der Waals surface area contributed by atoms with Crippen molar-refractivity contribution in [2.75, 3.05) is 13.2 Å². The van der Waals surface area contributed by atoms with Gasteiger partial charge in [-0.15, -0.1) is 0 Å². The SMILES string of the molecule is CCOc1cccc(C2OCCC2N)c1. The van der Waals surface area contributed by atoms with Crippen molar-refractivity contribution in [3.8, 4) is 5.75 Å². The van der Waals surface area contributed by atoms with Gasteiger partial charge in [-0.05, 0) is 31.0 Å². The third-order valence-electron chi connectivity index (χ3n) is 2.64. The van der Waals surface area contributed by atoms with Crippen LogP contribution in [0.15, 0.2) is 24.3 Å². The second kappa shape index (κ2) is 4.64. The van der Waals surface area contributed by atoms with Gasteiger partial charge in [-0.25, -0.2) is 0 Å². The lowest BCUT2D eigenvalue weighted by Crippen LogP contribution is -2.23. The maximum atomic E-state index is 5.97. The summed E-state index contributed by atoms with van der Waals surface area (Å²) in [6.45, 7) is 3.41. The normalized spacial score (nSPS) is 25.5. The Labute approximate surface area is 90.2 Å². The highest BCUT2D eigenvalue weighted by molar-refractivity contribution is 5.31. The van der Waals surface area contributed by atoms with Gasteiger partial charge in [-0.1, -0.05) is 12.1 Å². The molecule has 0 radical (unpaired) electrons. The molecule has 1 aliphatic rings. The Morgan fingerprint density at radius 3 is 3.07 bits per heavy atom. The molecule has 1 saturated heterocycles. The predicted octanol–water partition coefficient (Wildman–Crippen LogP) is 1.87. The molecule has 3 nitrogen and oxygen atoms in total. The van der Waals surface area contributed by atoms with Crippen LogP contribution in [-0.2, 0) is 4.74 Å². The molecule has 82 valence electrons. The number of hydrogen-bond acceptors (Lipinski definition) is 3. The zero-order valence-electron chi connectivity index (χ0n) is 8.98. The Balaban J connectivity index is 2.16. The van der Waals surface area contributed by atoms with Crippen LogP contribution in [0, 0.1) is 0 Å². The van der Waals surface area contributed by atoms with E-state index in [1.807, 2.05) is 31.2 Å². The molecule has 0 saturated carbocycles. The second-order valence-electron chi connectivity index (χ2n) is 3.75. The maximum Gasteiger partial charge on any atom is 0.119 e. The predicted molar refractivity (Wildman–Crippen MR) is 58.9 cm³/mol. The third-order valence-corrected chi connectivity index (χ3v) is 2.64. The topological polar surface area (TPSA) is 44.5 Å². The van der Waals surface area contributed by atoms with E-state index in [-0.39, 0.29) is 12.1 Å². The molecule has 1 aromatic carbocycles. The van der Waals surface area contributed by atoms with Crippen LogP contribution in [0.25, 0.3) is 0 Å². The first kappa shape index (κ1) is 10.5. The van der Waals surface area contributed by atoms with E-state index in [0.717, 1.165) is 24.3 Å². The first-order valence-electron chi connectivity index (χ1n) is 5.41. The highest BCUT2D eigenvalue weighted by atomic mass is 16.5. The van der Waals surface area contributed by atoms with Crippen LogP contribution in [0.1, 0.15) is 25.0 Å². The number of benzene rings is 1. The molecule has 0 bridgehead atoms. The first-order chi connectivity index (χ1) is 7.31. The largest absolute Gasteiger partial charge is 0.494 e. The van der Waals surface area contributed by atoms with E-state index < -0.39 is 0 Å². The molecular weight excluding hydrogens is 190 g/mol. The minimum absolute atomic E-state index is 0.0328. The molecule has 2 rings (SSSR count). The van der Waals surface area contributed by atoms with E-state index >= 15 is 0 Å².